The van der Waals surface area contributed by atoms with E-state index >= 15 is 0 Å². The Bertz CT molecular complexity index is 967. The lowest BCUT2D eigenvalue weighted by atomic mass is 9.96. The highest BCUT2D eigenvalue weighted by molar-refractivity contribution is 7.92. The highest BCUT2D eigenvalue weighted by Gasteiger charge is 2.26. The van der Waals surface area contributed by atoms with Crippen molar-refractivity contribution in [2.45, 2.75) is 19.4 Å². The van der Waals surface area contributed by atoms with Gasteiger partial charge >= 0.3 is 0 Å². The van der Waals surface area contributed by atoms with Gasteiger partial charge in [0.05, 0.1) is 18.5 Å². The van der Waals surface area contributed by atoms with Gasteiger partial charge in [-0.1, -0.05) is 30.3 Å². The summed E-state index contributed by atoms with van der Waals surface area (Å²) in [7, 11) is -3.45. The monoisotopic (exact) mass is 415 g/mol. The number of para-hydroxylation sites is 1. The first-order valence-corrected chi connectivity index (χ1v) is 11.3. The number of likely N-dealkylation sites (tertiary alicyclic amines) is 1. The second-order valence-electron chi connectivity index (χ2n) is 7.27. The molecule has 8 heteroatoms. The normalized spacial score (nSPS) is 15.1. The van der Waals surface area contributed by atoms with E-state index in [9.17, 15) is 18.0 Å². The lowest BCUT2D eigenvalue weighted by molar-refractivity contribution is -0.123. The lowest BCUT2D eigenvalue weighted by Gasteiger charge is -2.30. The van der Waals surface area contributed by atoms with Crippen molar-refractivity contribution in [2.24, 2.45) is 11.7 Å². The Morgan fingerprint density at radius 3 is 2.14 bits per heavy atom. The third kappa shape index (κ3) is 5.14. The molecule has 1 aliphatic rings. The van der Waals surface area contributed by atoms with Crippen molar-refractivity contribution in [1.82, 2.24) is 4.90 Å². The molecule has 0 spiro atoms. The number of anilines is 1. The minimum absolute atomic E-state index is 0.0949. The molecule has 0 aliphatic carbocycles. The van der Waals surface area contributed by atoms with Gasteiger partial charge in [0.1, 0.15) is 0 Å². The van der Waals surface area contributed by atoms with E-state index in [4.69, 9.17) is 5.73 Å². The van der Waals surface area contributed by atoms with Gasteiger partial charge < -0.3 is 10.6 Å². The van der Waals surface area contributed by atoms with Crippen molar-refractivity contribution in [2.75, 3.05) is 23.7 Å². The van der Waals surface area contributed by atoms with Gasteiger partial charge in [0.25, 0.3) is 5.91 Å². The van der Waals surface area contributed by atoms with Crippen molar-refractivity contribution in [3.63, 3.8) is 0 Å². The van der Waals surface area contributed by atoms with Crippen molar-refractivity contribution in [3.05, 3.63) is 65.7 Å². The number of piperidine rings is 1. The molecular formula is C21H25N3O4S. The summed E-state index contributed by atoms with van der Waals surface area (Å²) in [6.07, 6.45) is 2.34. The number of nitrogens with two attached hydrogens (primary N) is 1. The van der Waals surface area contributed by atoms with Crippen molar-refractivity contribution in [1.29, 1.82) is 0 Å². The van der Waals surface area contributed by atoms with E-state index in [2.05, 4.69) is 0 Å². The van der Waals surface area contributed by atoms with Gasteiger partial charge in [-0.05, 0) is 42.7 Å². The summed E-state index contributed by atoms with van der Waals surface area (Å²) in [5.74, 6) is -0.570. The predicted octanol–water partition coefficient (Wildman–Crippen LogP) is 1.99. The first-order valence-electron chi connectivity index (χ1n) is 9.46. The Morgan fingerprint density at radius 1 is 1.03 bits per heavy atom. The van der Waals surface area contributed by atoms with Crippen molar-refractivity contribution < 1.29 is 18.0 Å². The smallest absolute Gasteiger partial charge is 0.253 e. The minimum Gasteiger partial charge on any atom is -0.369 e. The fourth-order valence-electron chi connectivity index (χ4n) is 3.46. The quantitative estimate of drug-likeness (QED) is 0.780. The Hall–Kier alpha value is -2.87. The van der Waals surface area contributed by atoms with Crippen LogP contribution >= 0.6 is 0 Å². The van der Waals surface area contributed by atoms with Crippen LogP contribution in [0.25, 0.3) is 0 Å². The van der Waals surface area contributed by atoms with Crippen molar-refractivity contribution >= 4 is 27.5 Å². The molecule has 0 radical (unpaired) electrons. The number of carbonyl (C=O) groups is 2. The number of sulfonamides is 1. The van der Waals surface area contributed by atoms with E-state index in [0.717, 1.165) is 5.56 Å². The summed E-state index contributed by atoms with van der Waals surface area (Å²) in [4.78, 5) is 25.7. The van der Waals surface area contributed by atoms with Crippen LogP contribution in [0.1, 0.15) is 28.8 Å². The van der Waals surface area contributed by atoms with Crippen LogP contribution in [0.15, 0.2) is 54.6 Å². The Kier molecular flexibility index (Phi) is 6.22. The average molecular weight is 416 g/mol. The van der Waals surface area contributed by atoms with Crippen LogP contribution < -0.4 is 10.0 Å². The number of benzene rings is 2. The molecule has 7 nitrogen and oxygen atoms in total. The van der Waals surface area contributed by atoms with E-state index in [0.29, 0.717) is 37.2 Å². The summed E-state index contributed by atoms with van der Waals surface area (Å²) in [5, 5.41) is 0. The van der Waals surface area contributed by atoms with Crippen LogP contribution in [0, 0.1) is 5.92 Å². The van der Waals surface area contributed by atoms with Gasteiger partial charge in [-0.2, -0.15) is 0 Å². The predicted molar refractivity (Wildman–Crippen MR) is 112 cm³/mol. The topological polar surface area (TPSA) is 101 Å². The fraction of sp³-hybridized carbons (Fsp3) is 0.333. The SMILES string of the molecule is CS(=O)(=O)N(Cc1ccc(C(=O)N2CCC(C(N)=O)CC2)cc1)c1ccccc1. The standard InChI is InChI=1S/C21H25N3O4S/c1-29(27,28)24(19-5-3-2-4-6-19)15-16-7-9-18(10-8-16)21(26)23-13-11-17(12-14-23)20(22)25/h2-10,17H,11-15H2,1H3,(H2,22,25). The van der Waals surface area contributed by atoms with Crippen LogP contribution in [0.2, 0.25) is 0 Å². The van der Waals surface area contributed by atoms with Crippen LogP contribution in [0.3, 0.4) is 0 Å². The average Bonchev–Trinajstić information content (AvgIpc) is 2.72. The van der Waals surface area contributed by atoms with Crippen LogP contribution in [0.4, 0.5) is 5.69 Å². The molecule has 0 bridgehead atoms. The number of hydrogen-bond donors (Lipinski definition) is 1. The molecule has 2 aromatic carbocycles. The molecule has 0 aromatic heterocycles. The van der Waals surface area contributed by atoms with Gasteiger partial charge in [0, 0.05) is 24.6 Å². The number of primary amides is 1. The molecule has 3 rings (SSSR count). The fourth-order valence-corrected chi connectivity index (χ4v) is 4.35. The number of hydrogen-bond acceptors (Lipinski definition) is 4. The maximum absolute atomic E-state index is 12.7. The second-order valence-corrected chi connectivity index (χ2v) is 9.18. The van der Waals surface area contributed by atoms with Gasteiger partial charge in [-0.3, -0.25) is 13.9 Å². The highest BCUT2D eigenvalue weighted by atomic mass is 32.2. The maximum atomic E-state index is 12.7. The molecule has 2 aromatic rings. The number of nitrogens with zero attached hydrogens (tertiary/aromatic N) is 2. The zero-order chi connectivity index (χ0) is 21.0. The summed E-state index contributed by atoms with van der Waals surface area (Å²) in [6.45, 7) is 1.19. The van der Waals surface area contributed by atoms with Gasteiger partial charge in [0.2, 0.25) is 15.9 Å². The highest BCUT2D eigenvalue weighted by Crippen LogP contribution is 2.22. The van der Waals surface area contributed by atoms with Gasteiger partial charge in [0.15, 0.2) is 0 Å². The first-order chi connectivity index (χ1) is 13.8. The molecular weight excluding hydrogens is 390 g/mol. The number of carbonyl (C=O) groups excluding carboxylic acids is 2. The molecule has 1 heterocycles. The maximum Gasteiger partial charge on any atom is 0.253 e. The molecule has 1 fully saturated rings. The molecule has 154 valence electrons. The summed E-state index contributed by atoms with van der Waals surface area (Å²) in [6, 6.07) is 15.9. The third-order valence-electron chi connectivity index (χ3n) is 5.16. The molecule has 2 amide bonds. The Labute approximate surface area is 171 Å². The first kappa shape index (κ1) is 20.9. The van der Waals surface area contributed by atoms with Crippen LogP contribution in [0.5, 0.6) is 0 Å². The van der Waals surface area contributed by atoms with Gasteiger partial charge in [-0.25, -0.2) is 8.42 Å². The Balaban J connectivity index is 1.69. The van der Waals surface area contributed by atoms with E-state index in [1.807, 2.05) is 6.07 Å². The van der Waals surface area contributed by atoms with Crippen LogP contribution in [-0.4, -0.2) is 44.5 Å². The molecule has 1 saturated heterocycles. The summed E-state index contributed by atoms with van der Waals surface area (Å²) in [5.41, 5.74) is 7.25. The second kappa shape index (κ2) is 8.65. The largest absolute Gasteiger partial charge is 0.369 e. The molecule has 29 heavy (non-hydrogen) atoms. The molecule has 0 unspecified atom stereocenters. The van der Waals surface area contributed by atoms with E-state index in [-0.39, 0.29) is 24.3 Å². The van der Waals surface area contributed by atoms with E-state index < -0.39 is 10.0 Å². The van der Waals surface area contributed by atoms with Gasteiger partial charge in [-0.15, -0.1) is 0 Å². The van der Waals surface area contributed by atoms with E-state index in [1.54, 1.807) is 53.4 Å². The van der Waals surface area contributed by atoms with E-state index in [1.165, 1.54) is 10.6 Å². The summed E-state index contributed by atoms with van der Waals surface area (Å²) >= 11 is 0. The Morgan fingerprint density at radius 2 is 1.62 bits per heavy atom. The van der Waals surface area contributed by atoms with Crippen LogP contribution in [-0.2, 0) is 21.4 Å². The number of amides is 2. The molecule has 0 saturated carbocycles. The lowest BCUT2D eigenvalue weighted by Crippen LogP contribution is -2.41. The molecule has 2 N–H and O–H groups in total. The molecule has 0 atom stereocenters. The van der Waals surface area contributed by atoms with Crippen molar-refractivity contribution in [3.8, 4) is 0 Å². The minimum atomic E-state index is -3.45. The summed E-state index contributed by atoms with van der Waals surface area (Å²) < 4.78 is 25.8. The zero-order valence-corrected chi connectivity index (χ0v) is 17.1. The number of rotatable bonds is 6. The third-order valence-corrected chi connectivity index (χ3v) is 6.30. The zero-order valence-electron chi connectivity index (χ0n) is 16.3. The molecule has 1 aliphatic heterocycles.